The quantitative estimate of drug-likeness (QED) is 0.354. The molecule has 1 unspecified atom stereocenters. The van der Waals surface area contributed by atoms with E-state index in [1.165, 1.54) is 0 Å². The average Bonchev–Trinajstić information content (AvgIpc) is 2.93. The summed E-state index contributed by atoms with van der Waals surface area (Å²) in [5.41, 5.74) is 7.24. The van der Waals surface area contributed by atoms with Gasteiger partial charge in [0.05, 0.1) is 17.9 Å². The summed E-state index contributed by atoms with van der Waals surface area (Å²) in [6.45, 7) is 4.45. The van der Waals surface area contributed by atoms with E-state index in [1.54, 1.807) is 11.8 Å². The van der Waals surface area contributed by atoms with E-state index in [1.807, 2.05) is 14.0 Å². The van der Waals surface area contributed by atoms with Crippen molar-refractivity contribution >= 4 is 11.7 Å². The van der Waals surface area contributed by atoms with E-state index < -0.39 is 0 Å². The number of anilines is 1. The van der Waals surface area contributed by atoms with Crippen molar-refractivity contribution in [2.24, 2.45) is 23.9 Å². The van der Waals surface area contributed by atoms with E-state index in [0.29, 0.717) is 11.5 Å². The highest BCUT2D eigenvalue weighted by Crippen LogP contribution is 2.28. The third-order valence-corrected chi connectivity index (χ3v) is 3.54. The summed E-state index contributed by atoms with van der Waals surface area (Å²) in [5.74, 6) is 1.53. The molecule has 1 atom stereocenters. The summed E-state index contributed by atoms with van der Waals surface area (Å²) in [6.07, 6.45) is 1.08. The van der Waals surface area contributed by atoms with Gasteiger partial charge in [0.2, 0.25) is 0 Å². The highest BCUT2D eigenvalue weighted by atomic mass is 16.5. The Morgan fingerprint density at radius 3 is 3.00 bits per heavy atom. The third-order valence-electron chi connectivity index (χ3n) is 3.54. The molecule has 1 fully saturated rings. The number of amidine groups is 1. The highest BCUT2D eigenvalue weighted by Gasteiger charge is 2.28. The van der Waals surface area contributed by atoms with Crippen molar-refractivity contribution in [3.8, 4) is 0 Å². The van der Waals surface area contributed by atoms with Crippen LogP contribution in [0.3, 0.4) is 0 Å². The fraction of sp³-hybridized carbons (Fsp3) is 0.667. The van der Waals surface area contributed by atoms with Crippen LogP contribution in [-0.4, -0.2) is 47.6 Å². The molecule has 19 heavy (non-hydrogen) atoms. The number of aromatic nitrogens is 2. The van der Waals surface area contributed by atoms with Gasteiger partial charge in [-0.3, -0.25) is 4.68 Å². The van der Waals surface area contributed by atoms with Gasteiger partial charge in [0.1, 0.15) is 5.82 Å². The Hall–Kier alpha value is -1.76. The summed E-state index contributed by atoms with van der Waals surface area (Å²) in [4.78, 5) is 2.22. The molecular weight excluding hydrogens is 246 g/mol. The van der Waals surface area contributed by atoms with E-state index in [9.17, 15) is 0 Å². The van der Waals surface area contributed by atoms with Gasteiger partial charge in [0.15, 0.2) is 5.84 Å². The predicted octanol–water partition coefficient (Wildman–Crippen LogP) is 0.296. The Labute approximate surface area is 112 Å². The zero-order chi connectivity index (χ0) is 14.0. The van der Waals surface area contributed by atoms with Crippen LogP contribution in [0.1, 0.15) is 17.7 Å². The maximum Gasteiger partial charge on any atom is 0.175 e. The van der Waals surface area contributed by atoms with Gasteiger partial charge in [-0.25, -0.2) is 0 Å². The molecule has 2 rings (SSSR count). The van der Waals surface area contributed by atoms with Crippen LogP contribution in [0.5, 0.6) is 0 Å². The number of aryl methyl sites for hydroxylation is 2. The largest absolute Gasteiger partial charge is 0.409 e. The number of ether oxygens (including phenoxy) is 1. The van der Waals surface area contributed by atoms with Crippen molar-refractivity contribution in [1.82, 2.24) is 9.78 Å². The molecule has 1 saturated heterocycles. The summed E-state index contributed by atoms with van der Waals surface area (Å²) in [7, 11) is 3.60. The zero-order valence-corrected chi connectivity index (χ0v) is 11.6. The molecule has 0 bridgehead atoms. The lowest BCUT2D eigenvalue weighted by Crippen LogP contribution is -2.27. The van der Waals surface area contributed by atoms with E-state index in [0.717, 1.165) is 37.6 Å². The minimum Gasteiger partial charge on any atom is -0.409 e. The molecule has 2 heterocycles. The highest BCUT2D eigenvalue weighted by molar-refractivity contribution is 6.02. The lowest BCUT2D eigenvalue weighted by molar-refractivity contribution is 0.161. The van der Waals surface area contributed by atoms with Crippen LogP contribution >= 0.6 is 0 Å². The number of oxime groups is 1. The first-order chi connectivity index (χ1) is 9.08. The molecule has 0 saturated carbocycles. The molecule has 1 aliphatic heterocycles. The van der Waals surface area contributed by atoms with Crippen LogP contribution < -0.4 is 10.6 Å². The fourth-order valence-corrected chi connectivity index (χ4v) is 2.76. The molecule has 0 aliphatic carbocycles. The minimum atomic E-state index is 0.107. The van der Waals surface area contributed by atoms with Gasteiger partial charge < -0.3 is 20.6 Å². The van der Waals surface area contributed by atoms with Gasteiger partial charge in [0, 0.05) is 33.2 Å². The topological polar surface area (TPSA) is 88.9 Å². The van der Waals surface area contributed by atoms with Crippen LogP contribution in [0.4, 0.5) is 5.82 Å². The van der Waals surface area contributed by atoms with E-state index in [-0.39, 0.29) is 5.84 Å². The summed E-state index contributed by atoms with van der Waals surface area (Å²) in [5, 5.41) is 16.4. The zero-order valence-electron chi connectivity index (χ0n) is 11.6. The smallest absolute Gasteiger partial charge is 0.175 e. The molecule has 1 aliphatic rings. The van der Waals surface area contributed by atoms with Gasteiger partial charge in [-0.2, -0.15) is 5.10 Å². The average molecular weight is 267 g/mol. The molecule has 106 valence electrons. The first-order valence-electron chi connectivity index (χ1n) is 6.33. The molecule has 7 nitrogen and oxygen atoms in total. The van der Waals surface area contributed by atoms with Gasteiger partial charge >= 0.3 is 0 Å². The summed E-state index contributed by atoms with van der Waals surface area (Å²) in [6, 6.07) is 0. The van der Waals surface area contributed by atoms with Gasteiger partial charge in [-0.15, -0.1) is 0 Å². The number of rotatable bonds is 4. The standard InChI is InChI=1S/C12H21N5O2/c1-8-10(11(13)15-18)12(16(2)14-8)17-5-4-9(6-17)7-19-3/h9,18H,4-7H2,1-3H3,(H2,13,15). The predicted molar refractivity (Wildman–Crippen MR) is 72.7 cm³/mol. The lowest BCUT2D eigenvalue weighted by Gasteiger charge is -2.20. The van der Waals surface area contributed by atoms with Crippen LogP contribution in [0.2, 0.25) is 0 Å². The Balaban J connectivity index is 2.30. The number of hydrogen-bond acceptors (Lipinski definition) is 5. The van der Waals surface area contributed by atoms with E-state index >= 15 is 0 Å². The molecule has 0 amide bonds. The molecule has 0 aromatic carbocycles. The van der Waals surface area contributed by atoms with Crippen LogP contribution in [0.25, 0.3) is 0 Å². The molecule has 3 N–H and O–H groups in total. The Morgan fingerprint density at radius 2 is 2.37 bits per heavy atom. The van der Waals surface area contributed by atoms with Crippen LogP contribution in [-0.2, 0) is 11.8 Å². The molecule has 0 spiro atoms. The second kappa shape index (κ2) is 5.48. The number of nitrogens with two attached hydrogens (primary N) is 1. The second-order valence-corrected chi connectivity index (χ2v) is 4.95. The SMILES string of the molecule is COCC1CCN(c2c(C(N)=NO)c(C)nn2C)C1. The number of nitrogens with zero attached hydrogens (tertiary/aromatic N) is 4. The minimum absolute atomic E-state index is 0.107. The number of methoxy groups -OCH3 is 1. The summed E-state index contributed by atoms with van der Waals surface area (Å²) < 4.78 is 7.00. The van der Waals surface area contributed by atoms with Crippen molar-refractivity contribution in [1.29, 1.82) is 0 Å². The lowest BCUT2D eigenvalue weighted by atomic mass is 10.1. The van der Waals surface area contributed by atoms with Gasteiger partial charge in [0.25, 0.3) is 0 Å². The second-order valence-electron chi connectivity index (χ2n) is 4.95. The Bertz CT molecular complexity index is 483. The fourth-order valence-electron chi connectivity index (χ4n) is 2.76. The maximum atomic E-state index is 8.91. The molecular formula is C12H21N5O2. The van der Waals surface area contributed by atoms with Crippen LogP contribution in [0.15, 0.2) is 5.16 Å². The summed E-state index contributed by atoms with van der Waals surface area (Å²) >= 11 is 0. The van der Waals surface area contributed by atoms with Crippen LogP contribution in [0, 0.1) is 12.8 Å². The van der Waals surface area contributed by atoms with Crippen molar-refractivity contribution in [2.75, 3.05) is 31.7 Å². The third kappa shape index (κ3) is 2.51. The van der Waals surface area contributed by atoms with Crippen molar-refractivity contribution in [3.05, 3.63) is 11.3 Å². The maximum absolute atomic E-state index is 8.91. The molecule has 0 radical (unpaired) electrons. The number of hydrogen-bond donors (Lipinski definition) is 2. The van der Waals surface area contributed by atoms with Crippen molar-refractivity contribution in [3.63, 3.8) is 0 Å². The molecule has 1 aromatic heterocycles. The van der Waals surface area contributed by atoms with E-state index in [4.69, 9.17) is 15.7 Å². The Kier molecular flexibility index (Phi) is 3.94. The first kappa shape index (κ1) is 13.7. The van der Waals surface area contributed by atoms with Gasteiger partial charge in [-0.1, -0.05) is 5.16 Å². The molecule has 1 aromatic rings. The van der Waals surface area contributed by atoms with Crippen molar-refractivity contribution in [2.45, 2.75) is 13.3 Å². The van der Waals surface area contributed by atoms with Gasteiger partial charge in [-0.05, 0) is 13.3 Å². The normalized spacial score (nSPS) is 20.3. The first-order valence-corrected chi connectivity index (χ1v) is 6.33. The monoisotopic (exact) mass is 267 g/mol. The van der Waals surface area contributed by atoms with Crippen molar-refractivity contribution < 1.29 is 9.94 Å². The van der Waals surface area contributed by atoms with E-state index in [2.05, 4.69) is 15.2 Å². The molecule has 7 heteroatoms. The Morgan fingerprint density at radius 1 is 1.63 bits per heavy atom.